The molecule has 2 saturated heterocycles. The van der Waals surface area contributed by atoms with Crippen LogP contribution in [0.4, 0.5) is 8.78 Å². The molecule has 1 saturated carbocycles. The second-order valence-electron chi connectivity index (χ2n) is 8.47. The first-order valence-electron chi connectivity index (χ1n) is 9.94. The first-order valence-corrected chi connectivity index (χ1v) is 9.94. The summed E-state index contributed by atoms with van der Waals surface area (Å²) in [5, 5.41) is 0. The maximum absolute atomic E-state index is 13.1. The van der Waals surface area contributed by atoms with Crippen molar-refractivity contribution in [3.05, 3.63) is 53.6 Å². The molecule has 3 aromatic rings. The topological polar surface area (TPSA) is 75.0 Å². The quantitative estimate of drug-likeness (QED) is 0.535. The van der Waals surface area contributed by atoms with Gasteiger partial charge in [0.1, 0.15) is 11.4 Å². The number of carbonyl (C=O) groups excluding carboxylic acids is 1. The van der Waals surface area contributed by atoms with E-state index in [1.54, 1.807) is 22.7 Å². The molecule has 1 aliphatic carbocycles. The highest BCUT2D eigenvalue weighted by atomic mass is 19.3. The van der Waals surface area contributed by atoms with Crippen LogP contribution in [0.3, 0.4) is 0 Å². The average molecular weight is 429 g/mol. The minimum absolute atomic E-state index is 0.0746. The van der Waals surface area contributed by atoms with Gasteiger partial charge in [-0.2, -0.15) is 8.78 Å². The third-order valence-corrected chi connectivity index (χ3v) is 6.13. The Kier molecular flexibility index (Phi) is 4.47. The van der Waals surface area contributed by atoms with E-state index in [0.29, 0.717) is 17.8 Å². The van der Waals surface area contributed by atoms with Gasteiger partial charge in [-0.05, 0) is 31.9 Å². The number of rotatable bonds is 7. The molecule has 0 atom stereocenters. The molecule has 5 heterocycles. The second kappa shape index (κ2) is 6.98. The van der Waals surface area contributed by atoms with E-state index in [9.17, 15) is 13.6 Å². The summed E-state index contributed by atoms with van der Waals surface area (Å²) in [5.41, 5.74) is 1.71. The van der Waals surface area contributed by atoms with Gasteiger partial charge in [0, 0.05) is 42.1 Å². The zero-order chi connectivity index (χ0) is 21.8. The third-order valence-electron chi connectivity index (χ3n) is 6.13. The van der Waals surface area contributed by atoms with Crippen LogP contribution in [0.15, 0.2) is 36.8 Å². The van der Waals surface area contributed by atoms with E-state index >= 15 is 0 Å². The Morgan fingerprint density at radius 1 is 1.35 bits per heavy atom. The van der Waals surface area contributed by atoms with Crippen LogP contribution in [-0.2, 0) is 16.6 Å². The van der Waals surface area contributed by atoms with Gasteiger partial charge in [-0.3, -0.25) is 4.79 Å². The third kappa shape index (κ3) is 3.33. The van der Waals surface area contributed by atoms with Gasteiger partial charge in [0.25, 0.3) is 0 Å². The molecule has 0 spiro atoms. The molecule has 0 unspecified atom stereocenters. The molecule has 0 N–H and O–H groups in total. The molecule has 3 aromatic heterocycles. The highest BCUT2D eigenvalue weighted by Gasteiger charge is 2.61. The molecular formula is C22H21F2N3O4. The van der Waals surface area contributed by atoms with Crippen LogP contribution in [0, 0.1) is 0 Å². The number of Topliss-reactive ketones (excluding diaryl/α,β-unsaturated/α-hetero) is 1. The number of alkyl halides is 2. The fourth-order valence-electron chi connectivity index (χ4n) is 4.84. The summed E-state index contributed by atoms with van der Waals surface area (Å²) >= 11 is 0. The number of halogens is 2. The molecule has 7 nitrogen and oxygen atoms in total. The fourth-order valence-corrected chi connectivity index (χ4v) is 4.84. The van der Waals surface area contributed by atoms with Gasteiger partial charge in [0.05, 0.1) is 30.6 Å². The maximum atomic E-state index is 13.1. The lowest BCUT2D eigenvalue weighted by atomic mass is 9.62. The van der Waals surface area contributed by atoms with E-state index in [-0.39, 0.29) is 40.4 Å². The Morgan fingerprint density at radius 2 is 2.16 bits per heavy atom. The molecule has 2 aliphatic heterocycles. The summed E-state index contributed by atoms with van der Waals surface area (Å²) in [6, 6.07) is 4.65. The van der Waals surface area contributed by atoms with Crippen molar-refractivity contribution in [2.45, 2.75) is 43.8 Å². The Balaban J connectivity index is 1.51. The number of carbonyl (C=O) groups is 1. The molecule has 0 radical (unpaired) electrons. The summed E-state index contributed by atoms with van der Waals surface area (Å²) in [5.74, 6) is -0.209. The SMILES string of the molecule is COc1ncccc1C(=O)Cc1cn2cc(C34COC(C)(C3)C4)nc2cc1OC(F)F. The molecule has 31 heavy (non-hydrogen) atoms. The second-order valence-corrected chi connectivity index (χ2v) is 8.47. The number of imidazole rings is 1. The Morgan fingerprint density at radius 3 is 2.84 bits per heavy atom. The number of fused-ring (bicyclic) bond motifs is 2. The fraction of sp³-hybridized carbons (Fsp3) is 0.409. The molecular weight excluding hydrogens is 408 g/mol. The van der Waals surface area contributed by atoms with Gasteiger partial charge in [-0.25, -0.2) is 9.97 Å². The van der Waals surface area contributed by atoms with Gasteiger partial charge >= 0.3 is 6.61 Å². The predicted molar refractivity (Wildman–Crippen MR) is 106 cm³/mol. The van der Waals surface area contributed by atoms with Crippen LogP contribution >= 0.6 is 0 Å². The molecule has 0 amide bonds. The van der Waals surface area contributed by atoms with Gasteiger partial charge in [-0.15, -0.1) is 0 Å². The normalized spacial score (nSPS) is 24.4. The first kappa shape index (κ1) is 19.9. The Labute approximate surface area is 177 Å². The number of pyridine rings is 2. The van der Waals surface area contributed by atoms with Crippen LogP contribution in [-0.4, -0.2) is 46.1 Å². The lowest BCUT2D eigenvalue weighted by molar-refractivity contribution is -0.0504. The van der Waals surface area contributed by atoms with Crippen molar-refractivity contribution in [1.29, 1.82) is 0 Å². The van der Waals surface area contributed by atoms with E-state index in [1.807, 2.05) is 6.20 Å². The van der Waals surface area contributed by atoms with E-state index in [4.69, 9.17) is 14.2 Å². The van der Waals surface area contributed by atoms with Crippen LogP contribution in [0.2, 0.25) is 0 Å². The molecule has 162 valence electrons. The van der Waals surface area contributed by atoms with Crippen molar-refractivity contribution in [3.63, 3.8) is 0 Å². The molecule has 9 heteroatoms. The average Bonchev–Trinajstić information content (AvgIpc) is 3.38. The van der Waals surface area contributed by atoms with Crippen molar-refractivity contribution in [1.82, 2.24) is 14.4 Å². The minimum atomic E-state index is -3.02. The van der Waals surface area contributed by atoms with E-state index in [0.717, 1.165) is 18.5 Å². The highest BCUT2D eigenvalue weighted by molar-refractivity contribution is 5.99. The van der Waals surface area contributed by atoms with Gasteiger partial charge in [0.2, 0.25) is 5.88 Å². The number of ether oxygens (including phenoxy) is 3. The Hall–Kier alpha value is -3.07. The van der Waals surface area contributed by atoms with Crippen molar-refractivity contribution in [2.75, 3.05) is 13.7 Å². The van der Waals surface area contributed by atoms with Crippen molar-refractivity contribution < 1.29 is 27.8 Å². The molecule has 6 rings (SSSR count). The van der Waals surface area contributed by atoms with Crippen molar-refractivity contribution in [3.8, 4) is 11.6 Å². The van der Waals surface area contributed by atoms with Gasteiger partial charge < -0.3 is 18.6 Å². The monoisotopic (exact) mass is 429 g/mol. The van der Waals surface area contributed by atoms with E-state index < -0.39 is 6.61 Å². The number of hydrogen-bond acceptors (Lipinski definition) is 6. The molecule has 3 fully saturated rings. The number of ketones is 1. The van der Waals surface area contributed by atoms with Gasteiger partial charge in [0.15, 0.2) is 5.78 Å². The van der Waals surface area contributed by atoms with Crippen molar-refractivity contribution >= 4 is 11.4 Å². The van der Waals surface area contributed by atoms with Gasteiger partial charge in [-0.1, -0.05) is 0 Å². The lowest BCUT2D eigenvalue weighted by Crippen LogP contribution is -2.45. The zero-order valence-electron chi connectivity index (χ0n) is 17.1. The lowest BCUT2D eigenvalue weighted by Gasteiger charge is -2.41. The number of nitrogens with zero attached hydrogens (tertiary/aromatic N) is 3. The van der Waals surface area contributed by atoms with E-state index in [1.165, 1.54) is 19.4 Å². The summed E-state index contributed by atoms with van der Waals surface area (Å²) in [6.45, 7) is -0.341. The predicted octanol–water partition coefficient (Wildman–Crippen LogP) is 3.59. The molecule has 3 aliphatic rings. The van der Waals surface area contributed by atoms with E-state index in [2.05, 4.69) is 16.9 Å². The zero-order valence-corrected chi connectivity index (χ0v) is 17.1. The van der Waals surface area contributed by atoms with Crippen LogP contribution in [0.25, 0.3) is 5.65 Å². The Bertz CT molecular complexity index is 1170. The summed E-state index contributed by atoms with van der Waals surface area (Å²) < 4.78 is 43.6. The van der Waals surface area contributed by atoms with Crippen LogP contribution in [0.1, 0.15) is 41.4 Å². The number of methoxy groups -OCH3 is 1. The molecule has 2 bridgehead atoms. The van der Waals surface area contributed by atoms with Crippen molar-refractivity contribution in [2.24, 2.45) is 0 Å². The summed E-state index contributed by atoms with van der Waals surface area (Å²) in [4.78, 5) is 21.5. The smallest absolute Gasteiger partial charge is 0.387 e. The summed E-state index contributed by atoms with van der Waals surface area (Å²) in [6.07, 6.45) is 6.63. The number of aromatic nitrogens is 3. The number of hydrogen-bond donors (Lipinski definition) is 0. The standard InChI is InChI=1S/C22H21F2N3O4/c1-21-10-22(11-21,12-30-21)17-9-27-8-13(16(31-20(23)24)7-18(27)26-17)6-15(28)14-4-3-5-25-19(14)29-2/h3-5,7-9,20H,6,10-12H2,1-2H3. The summed E-state index contributed by atoms with van der Waals surface area (Å²) in [7, 11) is 1.42. The molecule has 0 aromatic carbocycles. The van der Waals surface area contributed by atoms with Crippen LogP contribution < -0.4 is 9.47 Å². The maximum Gasteiger partial charge on any atom is 0.387 e. The largest absolute Gasteiger partial charge is 0.480 e. The minimum Gasteiger partial charge on any atom is -0.480 e. The van der Waals surface area contributed by atoms with Crippen LogP contribution in [0.5, 0.6) is 11.6 Å². The first-order chi connectivity index (χ1) is 14.8. The highest BCUT2D eigenvalue weighted by Crippen LogP contribution is 2.58.